The van der Waals surface area contributed by atoms with Crippen molar-refractivity contribution in [2.75, 3.05) is 18.8 Å². The van der Waals surface area contributed by atoms with Crippen LogP contribution in [-0.4, -0.2) is 39.2 Å². The van der Waals surface area contributed by atoms with Gasteiger partial charge in [-0.3, -0.25) is 14.2 Å². The van der Waals surface area contributed by atoms with Crippen LogP contribution in [0.15, 0.2) is 58.5 Å². The number of thioether (sulfide) groups is 1. The Kier molecular flexibility index (Phi) is 5.69. The van der Waals surface area contributed by atoms with E-state index in [4.69, 9.17) is 11.6 Å². The van der Waals surface area contributed by atoms with Crippen LogP contribution in [0.2, 0.25) is 5.02 Å². The molecule has 2 aromatic carbocycles. The highest BCUT2D eigenvalue weighted by atomic mass is 35.5. The largest absolute Gasteiger partial charge is 0.342 e. The minimum atomic E-state index is -0.123. The highest BCUT2D eigenvalue weighted by molar-refractivity contribution is 7.99. The Morgan fingerprint density at radius 2 is 1.86 bits per heavy atom. The van der Waals surface area contributed by atoms with Crippen molar-refractivity contribution >= 4 is 40.2 Å². The first-order valence-corrected chi connectivity index (χ1v) is 10.6. The number of likely N-dealkylation sites (tertiary alicyclic amines) is 1. The fraction of sp³-hybridized carbons (Fsp3) is 0.286. The zero-order valence-corrected chi connectivity index (χ0v) is 16.9. The summed E-state index contributed by atoms with van der Waals surface area (Å²) in [7, 11) is 0. The number of hydrogen-bond acceptors (Lipinski definition) is 4. The summed E-state index contributed by atoms with van der Waals surface area (Å²) in [5.41, 5.74) is 1.44. The predicted octanol–water partition coefficient (Wildman–Crippen LogP) is 3.81. The van der Waals surface area contributed by atoms with E-state index < -0.39 is 0 Å². The minimum absolute atomic E-state index is 0.0919. The maximum Gasteiger partial charge on any atom is 0.262 e. The van der Waals surface area contributed by atoms with Gasteiger partial charge in [0.05, 0.1) is 23.2 Å². The predicted molar refractivity (Wildman–Crippen MR) is 113 cm³/mol. The lowest BCUT2D eigenvalue weighted by Crippen LogP contribution is -2.30. The van der Waals surface area contributed by atoms with E-state index in [-0.39, 0.29) is 17.2 Å². The third kappa shape index (κ3) is 4.08. The van der Waals surface area contributed by atoms with E-state index in [0.717, 1.165) is 31.5 Å². The van der Waals surface area contributed by atoms with Crippen LogP contribution < -0.4 is 5.56 Å². The first-order chi connectivity index (χ1) is 13.6. The molecule has 1 aliphatic rings. The molecular weight excluding hydrogens is 394 g/mol. The van der Waals surface area contributed by atoms with Gasteiger partial charge in [0.2, 0.25) is 5.91 Å². The second-order valence-corrected chi connectivity index (χ2v) is 8.19. The normalized spacial score (nSPS) is 14.0. The molecule has 1 aromatic heterocycles. The van der Waals surface area contributed by atoms with Gasteiger partial charge in [0.25, 0.3) is 5.56 Å². The highest BCUT2D eigenvalue weighted by Gasteiger charge is 2.20. The molecule has 3 aromatic rings. The number of amides is 1. The second-order valence-electron chi connectivity index (χ2n) is 6.81. The summed E-state index contributed by atoms with van der Waals surface area (Å²) >= 11 is 7.40. The van der Waals surface area contributed by atoms with Crippen LogP contribution in [0.3, 0.4) is 0 Å². The van der Waals surface area contributed by atoms with Gasteiger partial charge in [0.15, 0.2) is 5.16 Å². The van der Waals surface area contributed by atoms with Gasteiger partial charge in [-0.25, -0.2) is 4.98 Å². The topological polar surface area (TPSA) is 55.2 Å². The summed E-state index contributed by atoms with van der Waals surface area (Å²) < 4.78 is 1.65. The number of halogens is 1. The Labute approximate surface area is 172 Å². The van der Waals surface area contributed by atoms with Crippen molar-refractivity contribution in [3.05, 3.63) is 69.5 Å². The van der Waals surface area contributed by atoms with Crippen LogP contribution in [0, 0.1) is 0 Å². The molecule has 1 amide bonds. The summed E-state index contributed by atoms with van der Waals surface area (Å²) in [6.45, 7) is 2.04. The Bertz CT molecular complexity index is 1060. The minimum Gasteiger partial charge on any atom is -0.342 e. The van der Waals surface area contributed by atoms with Gasteiger partial charge in [-0.15, -0.1) is 0 Å². The van der Waals surface area contributed by atoms with Crippen LogP contribution in [0.1, 0.15) is 18.4 Å². The third-order valence-electron chi connectivity index (χ3n) is 4.85. The molecule has 0 bridgehead atoms. The summed E-state index contributed by atoms with van der Waals surface area (Å²) in [4.78, 5) is 32.1. The van der Waals surface area contributed by atoms with Crippen molar-refractivity contribution in [1.29, 1.82) is 0 Å². The Morgan fingerprint density at radius 1 is 1.11 bits per heavy atom. The van der Waals surface area contributed by atoms with Gasteiger partial charge in [0.1, 0.15) is 0 Å². The molecule has 5 nitrogen and oxygen atoms in total. The van der Waals surface area contributed by atoms with Crippen LogP contribution in [0.25, 0.3) is 10.9 Å². The first-order valence-electron chi connectivity index (χ1n) is 9.26. The van der Waals surface area contributed by atoms with Crippen molar-refractivity contribution in [2.24, 2.45) is 0 Å². The Hall–Kier alpha value is -2.31. The number of hydrogen-bond donors (Lipinski definition) is 0. The quantitative estimate of drug-likeness (QED) is 0.471. The monoisotopic (exact) mass is 413 g/mol. The fourth-order valence-corrected chi connectivity index (χ4v) is 4.44. The average Bonchev–Trinajstić information content (AvgIpc) is 3.24. The molecule has 4 rings (SSSR count). The van der Waals surface area contributed by atoms with Crippen molar-refractivity contribution in [3.8, 4) is 0 Å². The lowest BCUT2D eigenvalue weighted by atomic mass is 10.2. The Morgan fingerprint density at radius 3 is 2.61 bits per heavy atom. The number of fused-ring (bicyclic) bond motifs is 1. The number of benzene rings is 2. The van der Waals surface area contributed by atoms with Gasteiger partial charge in [-0.1, -0.05) is 53.7 Å². The van der Waals surface area contributed by atoms with E-state index in [1.165, 1.54) is 11.8 Å². The lowest BCUT2D eigenvalue weighted by molar-refractivity contribution is -0.127. The van der Waals surface area contributed by atoms with E-state index in [0.29, 0.717) is 27.6 Å². The molecular formula is C21H20ClN3O2S. The van der Waals surface area contributed by atoms with Crippen LogP contribution in [0.5, 0.6) is 0 Å². The number of rotatable bonds is 5. The molecule has 2 heterocycles. The number of nitrogens with zero attached hydrogens (tertiary/aromatic N) is 3. The smallest absolute Gasteiger partial charge is 0.262 e. The summed E-state index contributed by atoms with van der Waals surface area (Å²) in [5.74, 6) is 0.363. The molecule has 1 aliphatic heterocycles. The molecule has 1 fully saturated rings. The van der Waals surface area contributed by atoms with Gasteiger partial charge >= 0.3 is 0 Å². The zero-order valence-electron chi connectivity index (χ0n) is 15.3. The molecule has 0 radical (unpaired) electrons. The highest BCUT2D eigenvalue weighted by Crippen LogP contribution is 2.22. The maximum absolute atomic E-state index is 13.1. The van der Waals surface area contributed by atoms with Gasteiger partial charge in [-0.05, 0) is 36.6 Å². The van der Waals surface area contributed by atoms with E-state index in [2.05, 4.69) is 4.98 Å². The summed E-state index contributed by atoms with van der Waals surface area (Å²) in [6.07, 6.45) is 2.11. The van der Waals surface area contributed by atoms with E-state index >= 15 is 0 Å². The average molecular weight is 414 g/mol. The van der Waals surface area contributed by atoms with Crippen LogP contribution in [-0.2, 0) is 11.3 Å². The summed E-state index contributed by atoms with van der Waals surface area (Å²) in [5, 5.41) is 1.59. The molecule has 0 N–H and O–H groups in total. The fourth-order valence-electron chi connectivity index (χ4n) is 3.37. The molecule has 144 valence electrons. The van der Waals surface area contributed by atoms with Gasteiger partial charge in [0, 0.05) is 18.1 Å². The Balaban J connectivity index is 1.70. The van der Waals surface area contributed by atoms with Gasteiger partial charge < -0.3 is 4.90 Å². The number of carbonyl (C=O) groups excluding carboxylic acids is 1. The van der Waals surface area contributed by atoms with E-state index in [9.17, 15) is 9.59 Å². The molecule has 28 heavy (non-hydrogen) atoms. The molecule has 0 unspecified atom stereocenters. The van der Waals surface area contributed by atoms with Gasteiger partial charge in [-0.2, -0.15) is 0 Å². The van der Waals surface area contributed by atoms with Crippen LogP contribution >= 0.6 is 23.4 Å². The SMILES string of the molecule is O=C(CSc1nc2cc(Cl)ccc2c(=O)n1Cc1ccccc1)N1CCCC1. The standard InChI is InChI=1S/C21H20ClN3O2S/c22-16-8-9-17-18(12-16)23-21(28-14-19(26)24-10-4-5-11-24)25(20(17)27)13-15-6-2-1-3-7-15/h1-3,6-9,12H,4-5,10-11,13-14H2. The number of carbonyl (C=O) groups is 1. The lowest BCUT2D eigenvalue weighted by Gasteiger charge is -2.16. The maximum atomic E-state index is 13.1. The van der Waals surface area contributed by atoms with Crippen molar-refractivity contribution in [3.63, 3.8) is 0 Å². The molecule has 7 heteroatoms. The molecule has 0 atom stereocenters. The van der Waals surface area contributed by atoms with E-state index in [1.54, 1.807) is 22.8 Å². The van der Waals surface area contributed by atoms with Crippen molar-refractivity contribution < 1.29 is 4.79 Å². The number of aromatic nitrogens is 2. The van der Waals surface area contributed by atoms with Crippen molar-refractivity contribution in [2.45, 2.75) is 24.5 Å². The van der Waals surface area contributed by atoms with E-state index in [1.807, 2.05) is 35.2 Å². The zero-order chi connectivity index (χ0) is 19.5. The van der Waals surface area contributed by atoms with Crippen LogP contribution in [0.4, 0.5) is 0 Å². The molecule has 1 saturated heterocycles. The summed E-state index contributed by atoms with van der Waals surface area (Å²) in [6, 6.07) is 14.9. The molecule has 0 aliphatic carbocycles. The molecule has 0 spiro atoms. The third-order valence-corrected chi connectivity index (χ3v) is 6.05. The first kappa shape index (κ1) is 19.0. The molecule has 0 saturated carbocycles. The second kappa shape index (κ2) is 8.37. The van der Waals surface area contributed by atoms with Crippen molar-refractivity contribution in [1.82, 2.24) is 14.5 Å².